The molecule has 2 aliphatic carbocycles. The van der Waals surface area contributed by atoms with Gasteiger partial charge in [-0.3, -0.25) is 4.79 Å². The predicted octanol–water partition coefficient (Wildman–Crippen LogP) is 4.66. The van der Waals surface area contributed by atoms with E-state index in [2.05, 4.69) is 12.1 Å². The van der Waals surface area contributed by atoms with Gasteiger partial charge in [0, 0.05) is 23.2 Å². The Morgan fingerprint density at radius 3 is 2.57 bits per heavy atom. The van der Waals surface area contributed by atoms with Gasteiger partial charge in [-0.2, -0.15) is 0 Å². The van der Waals surface area contributed by atoms with Gasteiger partial charge in [-0.25, -0.2) is 8.42 Å². The van der Waals surface area contributed by atoms with E-state index in [-0.39, 0.29) is 29.5 Å². The number of carbonyl (C=O) groups is 1. The third-order valence-corrected chi connectivity index (χ3v) is 6.96. The summed E-state index contributed by atoms with van der Waals surface area (Å²) in [5.74, 6) is -0.212. The van der Waals surface area contributed by atoms with Gasteiger partial charge in [0.05, 0.1) is 11.8 Å². The van der Waals surface area contributed by atoms with Crippen LogP contribution in [0.5, 0.6) is 0 Å². The molecule has 1 heterocycles. The first kappa shape index (κ1) is 19.4. The predicted molar refractivity (Wildman–Crippen MR) is 116 cm³/mol. The van der Waals surface area contributed by atoms with Gasteiger partial charge in [-0.05, 0) is 49.3 Å². The van der Waals surface area contributed by atoms with Crippen LogP contribution in [0, 0.1) is 0 Å². The first-order valence-electron chi connectivity index (χ1n) is 10.5. The van der Waals surface area contributed by atoms with E-state index in [1.54, 1.807) is 6.07 Å². The molecule has 0 spiro atoms. The minimum Gasteiger partial charge on any atom is -0.451 e. The van der Waals surface area contributed by atoms with Crippen LogP contribution in [0.4, 0.5) is 0 Å². The van der Waals surface area contributed by atoms with Crippen LogP contribution in [0.1, 0.15) is 59.0 Å². The highest BCUT2D eigenvalue weighted by Crippen LogP contribution is 2.42. The zero-order valence-electron chi connectivity index (χ0n) is 17.0. The van der Waals surface area contributed by atoms with E-state index in [4.69, 9.17) is 4.42 Å². The maximum absolute atomic E-state index is 13.8. The summed E-state index contributed by atoms with van der Waals surface area (Å²) in [5, 5.41) is 0.700. The van der Waals surface area contributed by atoms with Gasteiger partial charge < -0.3 is 9.32 Å². The highest BCUT2D eigenvalue weighted by molar-refractivity contribution is 7.89. The largest absolute Gasteiger partial charge is 0.451 e. The van der Waals surface area contributed by atoms with E-state index in [1.807, 2.05) is 35.2 Å². The first-order chi connectivity index (χ1) is 14.4. The van der Waals surface area contributed by atoms with Crippen LogP contribution in [-0.2, 0) is 22.0 Å². The minimum absolute atomic E-state index is 0.00856. The standard InChI is InChI=1S/C24H25NO4S/c1-30(27,28)15-20-19-10-4-5-12-22(19)29-23(20)24(26)25(17-13-14-17)21-11-6-8-16-7-2-3-9-18(16)21/h2-5,7,9-10,12,17,21H,6,8,11,13-15H2,1H3. The molecule has 1 atom stereocenters. The topological polar surface area (TPSA) is 67.6 Å². The molecule has 2 aromatic carbocycles. The summed E-state index contributed by atoms with van der Waals surface area (Å²) in [6.07, 6.45) is 6.13. The first-order valence-corrected chi connectivity index (χ1v) is 12.6. The summed E-state index contributed by atoms with van der Waals surface area (Å²) in [5.41, 5.74) is 3.55. The van der Waals surface area contributed by atoms with Gasteiger partial charge in [0.25, 0.3) is 5.91 Å². The fourth-order valence-electron chi connectivity index (χ4n) is 4.73. The number of sulfone groups is 1. The maximum Gasteiger partial charge on any atom is 0.290 e. The molecule has 1 aromatic heterocycles. The number of para-hydroxylation sites is 1. The third-order valence-electron chi connectivity index (χ3n) is 6.15. The summed E-state index contributed by atoms with van der Waals surface area (Å²) < 4.78 is 30.3. The molecule has 5 rings (SSSR count). The second-order valence-electron chi connectivity index (χ2n) is 8.53. The van der Waals surface area contributed by atoms with Crippen LogP contribution in [0.2, 0.25) is 0 Å². The van der Waals surface area contributed by atoms with Crippen molar-refractivity contribution in [2.75, 3.05) is 6.26 Å². The van der Waals surface area contributed by atoms with E-state index in [1.165, 1.54) is 17.4 Å². The molecule has 0 saturated heterocycles. The number of aryl methyl sites for hydroxylation is 1. The quantitative estimate of drug-likeness (QED) is 0.599. The molecule has 0 radical (unpaired) electrons. The molecular formula is C24H25NO4S. The van der Waals surface area contributed by atoms with Gasteiger partial charge in [0.1, 0.15) is 5.58 Å². The summed E-state index contributed by atoms with van der Waals surface area (Å²) in [6.45, 7) is 0. The molecule has 1 fully saturated rings. The van der Waals surface area contributed by atoms with Crippen LogP contribution in [0.15, 0.2) is 52.9 Å². The van der Waals surface area contributed by atoms with Crippen LogP contribution in [-0.4, -0.2) is 31.5 Å². The molecule has 1 unspecified atom stereocenters. The van der Waals surface area contributed by atoms with Crippen molar-refractivity contribution in [3.63, 3.8) is 0 Å². The number of fused-ring (bicyclic) bond motifs is 2. The molecular weight excluding hydrogens is 398 g/mol. The number of amides is 1. The lowest BCUT2D eigenvalue weighted by molar-refractivity contribution is 0.0606. The Morgan fingerprint density at radius 2 is 1.80 bits per heavy atom. The summed E-state index contributed by atoms with van der Waals surface area (Å²) in [7, 11) is -3.33. The fraction of sp³-hybridized carbons (Fsp3) is 0.375. The van der Waals surface area contributed by atoms with Crippen LogP contribution in [0.3, 0.4) is 0 Å². The lowest BCUT2D eigenvalue weighted by atomic mass is 9.86. The lowest BCUT2D eigenvalue weighted by Gasteiger charge is -2.36. The molecule has 2 aliphatic rings. The number of carbonyl (C=O) groups excluding carboxylic acids is 1. The highest BCUT2D eigenvalue weighted by atomic mass is 32.2. The van der Waals surface area contributed by atoms with Crippen molar-refractivity contribution in [2.45, 2.75) is 49.9 Å². The van der Waals surface area contributed by atoms with Gasteiger partial charge in [-0.1, -0.05) is 42.5 Å². The molecule has 0 N–H and O–H groups in total. The molecule has 156 valence electrons. The number of rotatable bonds is 5. The molecule has 6 heteroatoms. The molecule has 30 heavy (non-hydrogen) atoms. The zero-order chi connectivity index (χ0) is 20.9. The van der Waals surface area contributed by atoms with E-state index in [9.17, 15) is 13.2 Å². The Labute approximate surface area is 176 Å². The normalized spacial score (nSPS) is 18.9. The SMILES string of the molecule is CS(=O)(=O)Cc1c(C(=O)N(C2CC2)C2CCCc3ccccc32)oc2ccccc12. The van der Waals surface area contributed by atoms with E-state index >= 15 is 0 Å². The molecule has 1 amide bonds. The van der Waals surface area contributed by atoms with Gasteiger partial charge in [0.2, 0.25) is 0 Å². The molecule has 0 bridgehead atoms. The highest BCUT2D eigenvalue weighted by Gasteiger charge is 2.42. The summed E-state index contributed by atoms with van der Waals surface area (Å²) >= 11 is 0. The van der Waals surface area contributed by atoms with Crippen molar-refractivity contribution < 1.29 is 17.6 Å². The smallest absolute Gasteiger partial charge is 0.290 e. The Bertz CT molecular complexity index is 1220. The van der Waals surface area contributed by atoms with Crippen molar-refractivity contribution in [3.8, 4) is 0 Å². The lowest BCUT2D eigenvalue weighted by Crippen LogP contribution is -2.38. The van der Waals surface area contributed by atoms with Crippen molar-refractivity contribution >= 4 is 26.7 Å². The fourth-order valence-corrected chi connectivity index (χ4v) is 5.54. The summed E-state index contributed by atoms with van der Waals surface area (Å²) in [4.78, 5) is 15.8. The third kappa shape index (κ3) is 3.54. The summed E-state index contributed by atoms with van der Waals surface area (Å²) in [6, 6.07) is 15.8. The van der Waals surface area contributed by atoms with Crippen molar-refractivity contribution in [1.29, 1.82) is 0 Å². The minimum atomic E-state index is -3.33. The molecule has 5 nitrogen and oxygen atoms in total. The maximum atomic E-state index is 13.8. The Morgan fingerprint density at radius 1 is 1.07 bits per heavy atom. The number of benzene rings is 2. The number of hydrogen-bond acceptors (Lipinski definition) is 4. The average Bonchev–Trinajstić information content (AvgIpc) is 3.49. The van der Waals surface area contributed by atoms with Crippen LogP contribution in [0.25, 0.3) is 11.0 Å². The second kappa shape index (κ2) is 7.27. The van der Waals surface area contributed by atoms with Gasteiger partial charge in [0.15, 0.2) is 15.6 Å². The van der Waals surface area contributed by atoms with Gasteiger partial charge >= 0.3 is 0 Å². The van der Waals surface area contributed by atoms with Gasteiger partial charge in [-0.15, -0.1) is 0 Å². The Kier molecular flexibility index (Phi) is 4.69. The second-order valence-corrected chi connectivity index (χ2v) is 10.7. The van der Waals surface area contributed by atoms with Crippen LogP contribution >= 0.6 is 0 Å². The van der Waals surface area contributed by atoms with E-state index in [0.717, 1.165) is 32.1 Å². The zero-order valence-corrected chi connectivity index (χ0v) is 17.8. The van der Waals surface area contributed by atoms with Crippen molar-refractivity contribution in [2.24, 2.45) is 0 Å². The van der Waals surface area contributed by atoms with Crippen molar-refractivity contribution in [3.05, 3.63) is 71.0 Å². The number of nitrogens with zero attached hydrogens (tertiary/aromatic N) is 1. The Hall–Kier alpha value is -2.60. The molecule has 1 saturated carbocycles. The Balaban J connectivity index is 1.61. The van der Waals surface area contributed by atoms with E-state index < -0.39 is 9.84 Å². The monoisotopic (exact) mass is 423 g/mol. The molecule has 0 aliphatic heterocycles. The number of furan rings is 1. The van der Waals surface area contributed by atoms with Crippen LogP contribution < -0.4 is 0 Å². The van der Waals surface area contributed by atoms with E-state index in [0.29, 0.717) is 16.5 Å². The average molecular weight is 424 g/mol. The molecule has 3 aromatic rings. The number of hydrogen-bond donors (Lipinski definition) is 0. The van der Waals surface area contributed by atoms with Crippen molar-refractivity contribution in [1.82, 2.24) is 4.90 Å².